The van der Waals surface area contributed by atoms with Crippen molar-refractivity contribution in [1.82, 2.24) is 29.9 Å². The third-order valence-corrected chi connectivity index (χ3v) is 18.9. The van der Waals surface area contributed by atoms with Crippen molar-refractivity contribution in [1.29, 1.82) is 10.5 Å². The summed E-state index contributed by atoms with van der Waals surface area (Å²) in [5.74, 6) is 3.46. The van der Waals surface area contributed by atoms with E-state index in [0.717, 1.165) is 144 Å². The second kappa shape index (κ2) is 27.0. The van der Waals surface area contributed by atoms with Crippen LogP contribution in [-0.2, 0) is 0 Å². The van der Waals surface area contributed by atoms with E-state index in [0.29, 0.717) is 46.1 Å². The predicted octanol–water partition coefficient (Wildman–Crippen LogP) is 23.4. The number of fused-ring (bicyclic) bond motifs is 2. The van der Waals surface area contributed by atoms with Gasteiger partial charge in [-0.15, -0.1) is 0 Å². The molecule has 0 aliphatic carbocycles. The van der Waals surface area contributed by atoms with E-state index in [-0.39, 0.29) is 0 Å². The van der Waals surface area contributed by atoms with Crippen molar-refractivity contribution in [2.24, 2.45) is 0 Å². The van der Waals surface area contributed by atoms with Crippen molar-refractivity contribution in [2.75, 3.05) is 0 Å². The van der Waals surface area contributed by atoms with Crippen molar-refractivity contribution >= 4 is 21.5 Å². The molecule has 17 rings (SSSR count). The van der Waals surface area contributed by atoms with Gasteiger partial charge in [-0.1, -0.05) is 309 Å². The van der Waals surface area contributed by atoms with Gasteiger partial charge in [0.15, 0.2) is 34.9 Å². The Labute approximate surface area is 590 Å². The van der Waals surface area contributed by atoms with E-state index in [1.54, 1.807) is 0 Å². The highest BCUT2D eigenvalue weighted by atomic mass is 15.0. The molecule has 0 saturated carbocycles. The molecule has 8 nitrogen and oxygen atoms in total. The summed E-state index contributed by atoms with van der Waals surface area (Å²) in [6, 6.07) is 126. The van der Waals surface area contributed by atoms with E-state index in [2.05, 4.69) is 249 Å². The van der Waals surface area contributed by atoms with E-state index in [1.807, 2.05) is 115 Å². The predicted molar refractivity (Wildman–Crippen MR) is 414 cm³/mol. The molecule has 0 unspecified atom stereocenters. The Bertz CT molecular complexity index is 6030. The third-order valence-electron chi connectivity index (χ3n) is 18.9. The highest BCUT2D eigenvalue weighted by molar-refractivity contribution is 6.08. The summed E-state index contributed by atoms with van der Waals surface area (Å²) in [6.45, 7) is 0. The van der Waals surface area contributed by atoms with E-state index in [1.165, 1.54) is 0 Å². The molecule has 0 aliphatic heterocycles. The maximum Gasteiger partial charge on any atom is 0.164 e. The van der Waals surface area contributed by atoms with Crippen LogP contribution in [0.5, 0.6) is 0 Å². The SMILES string of the molecule is N#Cc1ccc(-c2ccc(-c3ccc(-c4cccc(-c5nc(-c6ccccc6)nc(-c6ccccc6)n5)c4)c4cc(-c5ccc(-c6nc(-c7ccc(-c8ccccc8)cc7)nc(-c7cccc(-c8ccc(-c9ccc(-c%10cccc(C#N)c%10)cc9)c9ccccc89)c7)n6)cc5)ccc34)cc2)cc1. The molecule has 0 saturated heterocycles. The molecule has 0 bridgehead atoms. The lowest BCUT2D eigenvalue weighted by Crippen LogP contribution is -2.00. The zero-order chi connectivity index (χ0) is 68.3. The van der Waals surface area contributed by atoms with Gasteiger partial charge < -0.3 is 0 Å². The summed E-state index contributed by atoms with van der Waals surface area (Å²) in [7, 11) is 0. The van der Waals surface area contributed by atoms with Crippen LogP contribution >= 0.6 is 0 Å². The number of nitrogens with zero attached hydrogens (tertiary/aromatic N) is 8. The van der Waals surface area contributed by atoms with Gasteiger partial charge in [0.2, 0.25) is 0 Å². The van der Waals surface area contributed by atoms with Crippen LogP contribution < -0.4 is 0 Å². The van der Waals surface area contributed by atoms with Crippen molar-refractivity contribution in [2.45, 2.75) is 0 Å². The number of hydrogen-bond acceptors (Lipinski definition) is 8. The van der Waals surface area contributed by atoms with Crippen LogP contribution in [0.25, 0.3) is 179 Å². The van der Waals surface area contributed by atoms with E-state index < -0.39 is 0 Å². The molecule has 0 atom stereocenters. The summed E-state index contributed by atoms with van der Waals surface area (Å²) < 4.78 is 0. The fourth-order valence-corrected chi connectivity index (χ4v) is 13.6. The molecule has 2 heterocycles. The van der Waals surface area contributed by atoms with Crippen LogP contribution in [0.15, 0.2) is 352 Å². The molecule has 15 aromatic carbocycles. The molecular formula is C94H58N8. The van der Waals surface area contributed by atoms with E-state index in [9.17, 15) is 10.5 Å². The second-order valence-electron chi connectivity index (χ2n) is 25.2. The van der Waals surface area contributed by atoms with Gasteiger partial charge in [0.1, 0.15) is 0 Å². The van der Waals surface area contributed by atoms with Crippen LogP contribution in [-0.4, -0.2) is 29.9 Å². The van der Waals surface area contributed by atoms with Crippen LogP contribution in [0.2, 0.25) is 0 Å². The Morgan fingerprint density at radius 1 is 0.157 bits per heavy atom. The van der Waals surface area contributed by atoms with Crippen LogP contribution in [0, 0.1) is 22.7 Å². The third kappa shape index (κ3) is 12.3. The fourth-order valence-electron chi connectivity index (χ4n) is 13.6. The highest BCUT2D eigenvalue weighted by Crippen LogP contribution is 2.42. The minimum absolute atomic E-state index is 0.554. The van der Waals surface area contributed by atoms with Gasteiger partial charge in [-0.2, -0.15) is 10.5 Å². The first-order chi connectivity index (χ1) is 50.4. The van der Waals surface area contributed by atoms with Gasteiger partial charge >= 0.3 is 0 Å². The summed E-state index contributed by atoms with van der Waals surface area (Å²) in [4.78, 5) is 31.1. The first-order valence-electron chi connectivity index (χ1n) is 33.8. The molecule has 0 radical (unpaired) electrons. The lowest BCUT2D eigenvalue weighted by molar-refractivity contribution is 1.07. The summed E-state index contributed by atoms with van der Waals surface area (Å²) in [5, 5.41) is 23.5. The number of benzene rings is 15. The number of rotatable bonds is 14. The number of hydrogen-bond donors (Lipinski definition) is 0. The van der Waals surface area contributed by atoms with E-state index in [4.69, 9.17) is 29.9 Å². The van der Waals surface area contributed by atoms with Crippen molar-refractivity contribution in [3.05, 3.63) is 363 Å². The molecule has 102 heavy (non-hydrogen) atoms. The topological polar surface area (TPSA) is 125 Å². The second-order valence-corrected chi connectivity index (χ2v) is 25.2. The van der Waals surface area contributed by atoms with Crippen LogP contribution in [0.3, 0.4) is 0 Å². The minimum Gasteiger partial charge on any atom is -0.208 e. The monoisotopic (exact) mass is 1300 g/mol. The average molecular weight is 1300 g/mol. The Balaban J connectivity index is 0.745. The molecule has 2 aromatic heterocycles. The Hall–Kier alpha value is -14.2. The van der Waals surface area contributed by atoms with Gasteiger partial charge in [-0.05, 0) is 153 Å². The Morgan fingerprint density at radius 2 is 0.422 bits per heavy atom. The van der Waals surface area contributed by atoms with Gasteiger partial charge in [0.25, 0.3) is 0 Å². The highest BCUT2D eigenvalue weighted by Gasteiger charge is 2.20. The molecule has 474 valence electrons. The first kappa shape index (κ1) is 61.4. The van der Waals surface area contributed by atoms with Crippen molar-refractivity contribution < 1.29 is 0 Å². The Kier molecular flexibility index (Phi) is 16.3. The van der Waals surface area contributed by atoms with Gasteiger partial charge in [-0.3, -0.25) is 0 Å². The van der Waals surface area contributed by atoms with Gasteiger partial charge in [0, 0.05) is 33.4 Å². The normalized spacial score (nSPS) is 11.1. The zero-order valence-corrected chi connectivity index (χ0v) is 55.1. The first-order valence-corrected chi connectivity index (χ1v) is 33.8. The van der Waals surface area contributed by atoms with Gasteiger partial charge in [-0.25, -0.2) is 29.9 Å². The molecule has 17 aromatic rings. The lowest BCUT2D eigenvalue weighted by atomic mass is 9.89. The fraction of sp³-hybridized carbons (Fsp3) is 0. The summed E-state index contributed by atoms with van der Waals surface area (Å²) in [6.07, 6.45) is 0. The van der Waals surface area contributed by atoms with Crippen LogP contribution in [0.1, 0.15) is 11.1 Å². The van der Waals surface area contributed by atoms with Gasteiger partial charge in [0.05, 0.1) is 23.3 Å². The molecule has 0 aliphatic rings. The summed E-state index contributed by atoms with van der Waals surface area (Å²) >= 11 is 0. The number of aromatic nitrogens is 6. The largest absolute Gasteiger partial charge is 0.208 e. The van der Waals surface area contributed by atoms with Crippen molar-refractivity contribution in [3.8, 4) is 169 Å². The minimum atomic E-state index is 0.554. The lowest BCUT2D eigenvalue weighted by Gasteiger charge is -2.15. The molecular weight excluding hydrogens is 1240 g/mol. The van der Waals surface area contributed by atoms with Crippen molar-refractivity contribution in [3.63, 3.8) is 0 Å². The molecule has 0 amide bonds. The average Bonchev–Trinajstić information content (AvgIpc) is 0.773. The molecule has 0 N–H and O–H groups in total. The molecule has 0 spiro atoms. The number of nitriles is 2. The maximum atomic E-state index is 9.57. The molecule has 8 heteroatoms. The quantitative estimate of drug-likeness (QED) is 0.105. The standard InChI is InChI=1S/C94H58N8/c95-59-61-29-31-64(32-30-61)66-33-41-70(42-34-66)82-52-54-84(78-24-14-26-80(57-78)93-99-89(71-18-6-2-7-19-71)97-90(100-93)72-20-8-3-9-21-72)88-58-76(49-50-87(82)88)68-39-47-74(48-40-68)92-98-91(73-45-37-65(38-46-73)63-16-4-1-5-17-63)101-94(102-92)79-25-13-23-77(56-79)83-53-51-81(85-27-10-11-28-86(83)85)69-43-35-67(36-44-69)75-22-12-15-62(55-75)60-96/h1-58H. The smallest absolute Gasteiger partial charge is 0.164 e. The zero-order valence-electron chi connectivity index (χ0n) is 55.1. The Morgan fingerprint density at radius 3 is 0.853 bits per heavy atom. The maximum absolute atomic E-state index is 9.57. The van der Waals surface area contributed by atoms with Crippen LogP contribution in [0.4, 0.5) is 0 Å². The van der Waals surface area contributed by atoms with E-state index >= 15 is 0 Å². The summed E-state index contributed by atoms with van der Waals surface area (Å²) in [5.41, 5.74) is 23.7. The molecule has 0 fully saturated rings.